The molecule has 0 aliphatic carbocycles. The first-order chi connectivity index (χ1) is 12.7. The molecule has 1 amide bonds. The molecule has 0 spiro atoms. The molecule has 0 bridgehead atoms. The number of rotatable bonds is 7. The van der Waals surface area contributed by atoms with Crippen LogP contribution in [0.5, 0.6) is 5.75 Å². The zero-order chi connectivity index (χ0) is 18.2. The second kappa shape index (κ2) is 9.20. The summed E-state index contributed by atoms with van der Waals surface area (Å²) >= 11 is 0. The first-order valence-electron chi connectivity index (χ1n) is 9.25. The summed E-state index contributed by atoms with van der Waals surface area (Å²) in [6.07, 6.45) is 3.28. The molecule has 0 fully saturated rings. The van der Waals surface area contributed by atoms with Crippen molar-refractivity contribution < 1.29 is 14.4 Å². The predicted octanol–water partition coefficient (Wildman–Crippen LogP) is 1.86. The normalized spacial score (nSPS) is 16.7. The highest BCUT2D eigenvalue weighted by atomic mass is 16.5. The van der Waals surface area contributed by atoms with Crippen LogP contribution in [-0.4, -0.2) is 38.7 Å². The Kier molecular flexibility index (Phi) is 6.45. The Morgan fingerprint density at radius 3 is 2.73 bits per heavy atom. The van der Waals surface area contributed by atoms with Gasteiger partial charge in [-0.25, -0.2) is 0 Å². The maximum atomic E-state index is 12.1. The van der Waals surface area contributed by atoms with Crippen LogP contribution in [-0.2, 0) is 4.79 Å². The molecule has 1 heterocycles. The van der Waals surface area contributed by atoms with Crippen molar-refractivity contribution in [3.63, 3.8) is 0 Å². The third-order valence-corrected chi connectivity index (χ3v) is 4.62. The number of carbonyl (C=O) groups excluding carboxylic acids is 1. The van der Waals surface area contributed by atoms with Crippen molar-refractivity contribution in [2.24, 2.45) is 0 Å². The lowest BCUT2D eigenvalue weighted by atomic mass is 10.00. The minimum absolute atomic E-state index is 0.0874. The van der Waals surface area contributed by atoms with E-state index in [1.54, 1.807) is 0 Å². The molecule has 1 atom stereocenters. The first kappa shape index (κ1) is 18.2. The van der Waals surface area contributed by atoms with Crippen LogP contribution in [0.4, 0.5) is 0 Å². The molecule has 2 aromatic carbocycles. The largest absolute Gasteiger partial charge is 0.492 e. The van der Waals surface area contributed by atoms with Crippen molar-refractivity contribution >= 4 is 11.5 Å². The molecule has 0 saturated carbocycles. The molecule has 3 rings (SSSR count). The zero-order valence-electron chi connectivity index (χ0n) is 15.3. The second-order valence-corrected chi connectivity index (χ2v) is 6.74. The monoisotopic (exact) mass is 351 g/mol. The van der Waals surface area contributed by atoms with E-state index in [0.717, 1.165) is 25.3 Å². The van der Waals surface area contributed by atoms with Gasteiger partial charge < -0.3 is 15.0 Å². The van der Waals surface area contributed by atoms with Crippen LogP contribution in [0.3, 0.4) is 0 Å². The van der Waals surface area contributed by atoms with Crippen LogP contribution in [0.1, 0.15) is 17.5 Å². The molecule has 0 saturated heterocycles. The van der Waals surface area contributed by atoms with E-state index in [4.69, 9.17) is 4.74 Å². The minimum Gasteiger partial charge on any atom is -0.492 e. The van der Waals surface area contributed by atoms with Gasteiger partial charge in [0, 0.05) is 6.42 Å². The minimum atomic E-state index is 0.0874. The lowest BCUT2D eigenvalue weighted by molar-refractivity contribution is -0.886. The van der Waals surface area contributed by atoms with Gasteiger partial charge in [-0.1, -0.05) is 42.5 Å². The molecule has 4 nitrogen and oxygen atoms in total. The molecular weight excluding hydrogens is 324 g/mol. The fourth-order valence-electron chi connectivity index (χ4n) is 3.21. The van der Waals surface area contributed by atoms with Crippen LogP contribution in [0, 0.1) is 6.92 Å². The van der Waals surface area contributed by atoms with E-state index >= 15 is 0 Å². The van der Waals surface area contributed by atoms with Crippen LogP contribution >= 0.6 is 0 Å². The molecule has 1 aliphatic rings. The summed E-state index contributed by atoms with van der Waals surface area (Å²) in [4.78, 5) is 13.4. The molecule has 2 N–H and O–H groups in total. The van der Waals surface area contributed by atoms with E-state index in [0.29, 0.717) is 19.7 Å². The Labute approximate surface area is 155 Å². The van der Waals surface area contributed by atoms with Gasteiger partial charge in [0.15, 0.2) is 6.54 Å². The molecular formula is C22H27N2O2+. The Morgan fingerprint density at radius 2 is 2.00 bits per heavy atom. The van der Waals surface area contributed by atoms with Crippen LogP contribution in [0.25, 0.3) is 5.57 Å². The van der Waals surface area contributed by atoms with Crippen LogP contribution in [0.2, 0.25) is 0 Å². The Morgan fingerprint density at radius 1 is 1.15 bits per heavy atom. The van der Waals surface area contributed by atoms with Gasteiger partial charge in [-0.15, -0.1) is 0 Å². The highest BCUT2D eigenvalue weighted by Crippen LogP contribution is 2.17. The summed E-state index contributed by atoms with van der Waals surface area (Å²) < 4.78 is 5.66. The SMILES string of the molecule is Cc1cccc(OCCNC(=O)C[NH+]2CC=C(c3ccccc3)CC2)c1. The highest BCUT2D eigenvalue weighted by molar-refractivity contribution is 5.76. The quantitative estimate of drug-likeness (QED) is 0.748. The van der Waals surface area contributed by atoms with Crippen molar-refractivity contribution in [1.29, 1.82) is 0 Å². The second-order valence-electron chi connectivity index (χ2n) is 6.74. The summed E-state index contributed by atoms with van der Waals surface area (Å²) in [6.45, 7) is 5.47. The standard InChI is InChI=1S/C22H26N2O2/c1-18-6-5-9-21(16-18)26-15-12-23-22(25)17-24-13-10-20(11-14-24)19-7-3-2-4-8-19/h2-10,16H,11-15,17H2,1H3,(H,23,25)/p+1. The molecule has 0 aromatic heterocycles. The average Bonchev–Trinajstić information content (AvgIpc) is 2.67. The van der Waals surface area contributed by atoms with Crippen molar-refractivity contribution in [1.82, 2.24) is 5.32 Å². The Hall–Kier alpha value is -2.59. The van der Waals surface area contributed by atoms with E-state index in [1.807, 2.05) is 37.3 Å². The maximum absolute atomic E-state index is 12.1. The van der Waals surface area contributed by atoms with Crippen LogP contribution in [0.15, 0.2) is 60.7 Å². The van der Waals surface area contributed by atoms with E-state index in [9.17, 15) is 4.79 Å². The molecule has 1 aliphatic heterocycles. The number of aryl methyl sites for hydroxylation is 1. The van der Waals surface area contributed by atoms with E-state index < -0.39 is 0 Å². The summed E-state index contributed by atoms with van der Waals surface area (Å²) in [5, 5.41) is 2.95. The van der Waals surface area contributed by atoms with Gasteiger partial charge in [-0.05, 0) is 41.8 Å². The van der Waals surface area contributed by atoms with Crippen molar-refractivity contribution in [3.05, 3.63) is 71.8 Å². The summed E-state index contributed by atoms with van der Waals surface area (Å²) in [5.74, 6) is 0.934. The van der Waals surface area contributed by atoms with Gasteiger partial charge in [0.25, 0.3) is 5.91 Å². The van der Waals surface area contributed by atoms with Crippen molar-refractivity contribution in [3.8, 4) is 5.75 Å². The Balaban J connectivity index is 1.36. The fourth-order valence-corrected chi connectivity index (χ4v) is 3.21. The van der Waals surface area contributed by atoms with E-state index in [2.05, 4.69) is 35.7 Å². The van der Waals surface area contributed by atoms with Crippen molar-refractivity contribution in [2.75, 3.05) is 32.8 Å². The highest BCUT2D eigenvalue weighted by Gasteiger charge is 2.18. The van der Waals surface area contributed by atoms with Gasteiger partial charge in [0.1, 0.15) is 12.4 Å². The van der Waals surface area contributed by atoms with Crippen molar-refractivity contribution in [2.45, 2.75) is 13.3 Å². The first-order valence-corrected chi connectivity index (χ1v) is 9.25. The molecule has 2 aromatic rings. The lowest BCUT2D eigenvalue weighted by Crippen LogP contribution is -3.13. The van der Waals surface area contributed by atoms with Crippen LogP contribution < -0.4 is 15.0 Å². The summed E-state index contributed by atoms with van der Waals surface area (Å²) in [5.41, 5.74) is 3.86. The maximum Gasteiger partial charge on any atom is 0.275 e. The van der Waals surface area contributed by atoms with Gasteiger partial charge in [-0.3, -0.25) is 4.79 Å². The van der Waals surface area contributed by atoms with E-state index in [-0.39, 0.29) is 5.91 Å². The molecule has 4 heteroatoms. The molecule has 26 heavy (non-hydrogen) atoms. The van der Waals surface area contributed by atoms with Gasteiger partial charge in [0.2, 0.25) is 0 Å². The number of hydrogen-bond acceptors (Lipinski definition) is 2. The molecule has 0 radical (unpaired) electrons. The summed E-state index contributed by atoms with van der Waals surface area (Å²) in [7, 11) is 0. The van der Waals surface area contributed by atoms with Gasteiger partial charge >= 0.3 is 0 Å². The third-order valence-electron chi connectivity index (χ3n) is 4.62. The number of ether oxygens (including phenoxy) is 1. The zero-order valence-corrected chi connectivity index (χ0v) is 15.3. The number of nitrogens with one attached hydrogen (secondary N) is 2. The fraction of sp³-hybridized carbons (Fsp3) is 0.318. The number of benzene rings is 2. The van der Waals surface area contributed by atoms with E-state index in [1.165, 1.54) is 21.6 Å². The lowest BCUT2D eigenvalue weighted by Gasteiger charge is -2.23. The molecule has 136 valence electrons. The topological polar surface area (TPSA) is 42.8 Å². The average molecular weight is 351 g/mol. The third kappa shape index (κ3) is 5.46. The number of quaternary nitrogens is 1. The summed E-state index contributed by atoms with van der Waals surface area (Å²) in [6, 6.07) is 18.4. The smallest absolute Gasteiger partial charge is 0.275 e. The van der Waals surface area contributed by atoms with Gasteiger partial charge in [0.05, 0.1) is 19.6 Å². The Bertz CT molecular complexity index is 756. The van der Waals surface area contributed by atoms with Gasteiger partial charge in [-0.2, -0.15) is 0 Å². The number of hydrogen-bond donors (Lipinski definition) is 2. The predicted molar refractivity (Wildman–Crippen MR) is 104 cm³/mol. The number of carbonyl (C=O) groups is 1. The molecule has 1 unspecified atom stereocenters. The number of amides is 1.